The van der Waals surface area contributed by atoms with Crippen molar-refractivity contribution in [3.05, 3.63) is 59.7 Å². The first kappa shape index (κ1) is 22.7. The van der Waals surface area contributed by atoms with Crippen LogP contribution in [0.2, 0.25) is 0 Å². The zero-order chi connectivity index (χ0) is 21.3. The van der Waals surface area contributed by atoms with E-state index in [2.05, 4.69) is 5.32 Å². The summed E-state index contributed by atoms with van der Waals surface area (Å²) in [5, 5.41) is 2.61. The fourth-order valence-corrected chi connectivity index (χ4v) is 3.16. The molecule has 7 nitrogen and oxygen atoms in total. The van der Waals surface area contributed by atoms with E-state index in [0.717, 1.165) is 23.1 Å². The molecule has 0 radical (unpaired) electrons. The van der Waals surface area contributed by atoms with Gasteiger partial charge in [0.2, 0.25) is 5.91 Å². The van der Waals surface area contributed by atoms with Crippen LogP contribution in [-0.4, -0.2) is 46.9 Å². The Bertz CT molecular complexity index is 885. The van der Waals surface area contributed by atoms with Crippen LogP contribution in [0.4, 0.5) is 0 Å². The van der Waals surface area contributed by atoms with Gasteiger partial charge in [0.15, 0.2) is 0 Å². The van der Waals surface area contributed by atoms with Crippen LogP contribution in [0.15, 0.2) is 48.5 Å². The second kappa shape index (κ2) is 10.8. The lowest BCUT2D eigenvalue weighted by Gasteiger charge is -2.15. The van der Waals surface area contributed by atoms with Crippen LogP contribution in [0.1, 0.15) is 19.5 Å². The highest BCUT2D eigenvalue weighted by molar-refractivity contribution is 7.86. The summed E-state index contributed by atoms with van der Waals surface area (Å²) in [5.41, 5.74) is 1.99. The van der Waals surface area contributed by atoms with Crippen molar-refractivity contribution in [2.24, 2.45) is 0 Å². The molecular weight excluding hydrogens is 394 g/mol. The molecule has 29 heavy (non-hydrogen) atoms. The number of carbonyl (C=O) groups excluding carboxylic acids is 1. The van der Waals surface area contributed by atoms with E-state index in [0.29, 0.717) is 26.1 Å². The van der Waals surface area contributed by atoms with E-state index in [4.69, 9.17) is 13.7 Å². The first-order valence-electron chi connectivity index (χ1n) is 9.34. The molecule has 160 valence electrons. The Kier molecular flexibility index (Phi) is 8.48. The number of hydrogen-bond acceptors (Lipinski definition) is 6. The average Bonchev–Trinajstić information content (AvgIpc) is 2.68. The maximum Gasteiger partial charge on any atom is 0.306 e. The van der Waals surface area contributed by atoms with Crippen LogP contribution in [0.25, 0.3) is 0 Å². The van der Waals surface area contributed by atoms with E-state index in [1.54, 1.807) is 31.3 Å². The van der Waals surface area contributed by atoms with Crippen molar-refractivity contribution in [3.8, 4) is 11.5 Å². The van der Waals surface area contributed by atoms with Crippen molar-refractivity contribution in [2.45, 2.75) is 25.9 Å². The second-order valence-electron chi connectivity index (χ2n) is 6.44. The summed E-state index contributed by atoms with van der Waals surface area (Å²) < 4.78 is 38.3. The highest BCUT2D eigenvalue weighted by Gasteiger charge is 2.17. The van der Waals surface area contributed by atoms with Crippen LogP contribution < -0.4 is 14.2 Å². The number of hydrogen-bond donors (Lipinski definition) is 1. The monoisotopic (exact) mass is 423 g/mol. The van der Waals surface area contributed by atoms with Gasteiger partial charge in [-0.2, -0.15) is 8.42 Å². The SMILES string of the molecule is CCO[C@@H](Cc1ccc(OCCc2ccc(OS(C)(=O)=O)cc2)cc1)C(=O)NC.[HH]. The maximum atomic E-state index is 11.8. The number of nitrogens with one attached hydrogen (secondary N) is 1. The van der Waals surface area contributed by atoms with Gasteiger partial charge in [-0.15, -0.1) is 0 Å². The largest absolute Gasteiger partial charge is 0.493 e. The lowest BCUT2D eigenvalue weighted by atomic mass is 10.1. The topological polar surface area (TPSA) is 90.9 Å². The van der Waals surface area contributed by atoms with Crippen LogP contribution in [-0.2, 0) is 32.5 Å². The minimum Gasteiger partial charge on any atom is -0.493 e. The Hall–Kier alpha value is -2.58. The van der Waals surface area contributed by atoms with Gasteiger partial charge in [-0.3, -0.25) is 4.79 Å². The number of carbonyl (C=O) groups is 1. The molecule has 0 aliphatic heterocycles. The molecule has 0 aromatic heterocycles. The van der Waals surface area contributed by atoms with Gasteiger partial charge in [0.05, 0.1) is 12.9 Å². The molecule has 0 unspecified atom stereocenters. The summed E-state index contributed by atoms with van der Waals surface area (Å²) >= 11 is 0. The Morgan fingerprint density at radius 2 is 1.62 bits per heavy atom. The van der Waals surface area contributed by atoms with E-state index in [-0.39, 0.29) is 13.1 Å². The number of benzene rings is 2. The third-order valence-electron chi connectivity index (χ3n) is 4.08. The van der Waals surface area contributed by atoms with Crippen molar-refractivity contribution in [1.29, 1.82) is 0 Å². The number of ether oxygens (including phenoxy) is 2. The summed E-state index contributed by atoms with van der Waals surface area (Å²) in [4.78, 5) is 11.8. The quantitative estimate of drug-likeness (QED) is 0.559. The van der Waals surface area contributed by atoms with Gasteiger partial charge >= 0.3 is 10.1 Å². The standard InChI is InChI=1S/C21H27NO6S.H2/c1-4-26-20(21(23)22-2)15-17-7-9-18(10-8-17)27-14-13-16-5-11-19(12-6-16)28-29(3,24)25;/h5-12,20H,4,13-15H2,1-3H3,(H,22,23);1H/t20-;/m0./s1. The third-order valence-corrected chi connectivity index (χ3v) is 4.58. The summed E-state index contributed by atoms with van der Waals surface area (Å²) in [6, 6.07) is 14.4. The van der Waals surface area contributed by atoms with Crippen LogP contribution in [0, 0.1) is 0 Å². The van der Waals surface area contributed by atoms with Crippen molar-refractivity contribution >= 4 is 16.0 Å². The first-order chi connectivity index (χ1) is 13.8. The molecule has 8 heteroatoms. The fraction of sp³-hybridized carbons (Fsp3) is 0.381. The minimum atomic E-state index is -3.52. The van der Waals surface area contributed by atoms with Crippen LogP contribution in [0.3, 0.4) is 0 Å². The number of amides is 1. The molecule has 0 aliphatic carbocycles. The molecule has 0 aliphatic rings. The molecule has 2 aromatic carbocycles. The predicted octanol–water partition coefficient (Wildman–Crippen LogP) is 2.59. The molecule has 0 saturated heterocycles. The highest BCUT2D eigenvalue weighted by atomic mass is 32.2. The van der Waals surface area contributed by atoms with Crippen molar-refractivity contribution in [3.63, 3.8) is 0 Å². The van der Waals surface area contributed by atoms with Gasteiger partial charge in [-0.1, -0.05) is 24.3 Å². The normalized spacial score (nSPS) is 12.2. The Morgan fingerprint density at radius 1 is 1.03 bits per heavy atom. The third kappa shape index (κ3) is 8.13. The number of rotatable bonds is 11. The van der Waals surface area contributed by atoms with Crippen molar-refractivity contribution in [1.82, 2.24) is 5.32 Å². The van der Waals surface area contributed by atoms with Gasteiger partial charge in [0, 0.05) is 27.9 Å². The second-order valence-corrected chi connectivity index (χ2v) is 8.01. The first-order valence-corrected chi connectivity index (χ1v) is 11.2. The molecule has 1 amide bonds. The molecule has 0 saturated carbocycles. The summed E-state index contributed by atoms with van der Waals surface area (Å²) in [6.07, 6.45) is 1.67. The molecule has 0 fully saturated rings. The molecule has 2 rings (SSSR count). The lowest BCUT2D eigenvalue weighted by molar-refractivity contribution is -0.131. The number of likely N-dealkylation sites (N-methyl/N-ethyl adjacent to an activating group) is 1. The minimum absolute atomic E-state index is 0. The van der Waals surface area contributed by atoms with Crippen LogP contribution in [0.5, 0.6) is 11.5 Å². The Labute approximate surface area is 173 Å². The summed E-state index contributed by atoms with van der Waals surface area (Å²) in [5.74, 6) is 0.883. The average molecular weight is 424 g/mol. The van der Waals surface area contributed by atoms with Crippen molar-refractivity contribution in [2.75, 3.05) is 26.5 Å². The van der Waals surface area contributed by atoms with Gasteiger partial charge in [0.25, 0.3) is 0 Å². The smallest absolute Gasteiger partial charge is 0.306 e. The molecule has 2 aromatic rings. The van der Waals surface area contributed by atoms with E-state index < -0.39 is 16.2 Å². The van der Waals surface area contributed by atoms with Gasteiger partial charge < -0.3 is 19.0 Å². The molecule has 1 N–H and O–H groups in total. The van der Waals surface area contributed by atoms with Crippen LogP contribution >= 0.6 is 0 Å². The van der Waals surface area contributed by atoms with E-state index in [1.807, 2.05) is 31.2 Å². The molecule has 0 spiro atoms. The van der Waals surface area contributed by atoms with Crippen molar-refractivity contribution < 1.29 is 28.3 Å². The van der Waals surface area contributed by atoms with Gasteiger partial charge in [0.1, 0.15) is 17.6 Å². The zero-order valence-corrected chi connectivity index (χ0v) is 17.7. The van der Waals surface area contributed by atoms with E-state index in [1.165, 1.54) is 0 Å². The molecule has 1 atom stereocenters. The zero-order valence-electron chi connectivity index (χ0n) is 16.9. The van der Waals surface area contributed by atoms with Gasteiger partial charge in [-0.25, -0.2) is 0 Å². The summed E-state index contributed by atoms with van der Waals surface area (Å²) in [6.45, 7) is 2.81. The van der Waals surface area contributed by atoms with E-state index in [9.17, 15) is 13.2 Å². The highest BCUT2D eigenvalue weighted by Crippen LogP contribution is 2.17. The molecular formula is C21H29NO6S. The Morgan fingerprint density at radius 3 is 2.17 bits per heavy atom. The fourth-order valence-electron chi connectivity index (χ4n) is 2.70. The maximum absolute atomic E-state index is 11.8. The summed E-state index contributed by atoms with van der Waals surface area (Å²) in [7, 11) is -1.92. The molecule has 0 heterocycles. The predicted molar refractivity (Wildman–Crippen MR) is 113 cm³/mol. The Balaban J connectivity index is 0.00000450. The van der Waals surface area contributed by atoms with E-state index >= 15 is 0 Å². The lowest BCUT2D eigenvalue weighted by Crippen LogP contribution is -2.35. The van der Waals surface area contributed by atoms with Gasteiger partial charge in [-0.05, 0) is 42.3 Å². The molecule has 0 bridgehead atoms.